The van der Waals surface area contributed by atoms with Gasteiger partial charge in [-0.25, -0.2) is 8.78 Å². The molecular formula is C28H35F2N3O2. The van der Waals surface area contributed by atoms with Gasteiger partial charge in [0.1, 0.15) is 0 Å². The Morgan fingerprint density at radius 1 is 1.23 bits per heavy atom. The SMILES string of the molecule is [2H]C1([2H])C(OC(C)C)C=C2N(Cc3ccccn3)C([2H])(C(C)C)C([2H])(C(=O)NCc3ccc(F)c(F)c3)C2([2H])C1([2H])[2H]. The minimum atomic E-state index is -3.23. The Morgan fingerprint density at radius 2 is 2.03 bits per heavy atom. The van der Waals surface area contributed by atoms with Crippen LogP contribution in [0.15, 0.2) is 54.4 Å². The number of pyridine rings is 1. The summed E-state index contributed by atoms with van der Waals surface area (Å²) >= 11 is 0. The molecule has 4 unspecified atom stereocenters. The number of aromatic nitrogens is 1. The van der Waals surface area contributed by atoms with Crippen molar-refractivity contribution in [1.82, 2.24) is 15.2 Å². The van der Waals surface area contributed by atoms with Crippen LogP contribution < -0.4 is 5.32 Å². The average Bonchev–Trinajstić information content (AvgIpc) is 3.06. The Labute approximate surface area is 216 Å². The second-order valence-electron chi connectivity index (χ2n) is 9.05. The summed E-state index contributed by atoms with van der Waals surface area (Å²) in [6.45, 7) is 5.84. The Bertz CT molecular complexity index is 1380. The van der Waals surface area contributed by atoms with Crippen LogP contribution in [0.3, 0.4) is 0 Å². The topological polar surface area (TPSA) is 54.5 Å². The van der Waals surface area contributed by atoms with E-state index < -0.39 is 72.8 Å². The molecule has 1 fully saturated rings. The second kappa shape index (κ2) is 10.9. The van der Waals surface area contributed by atoms with Crippen LogP contribution in [0.4, 0.5) is 8.78 Å². The van der Waals surface area contributed by atoms with E-state index in [9.17, 15) is 17.7 Å². The first-order chi connectivity index (χ1) is 19.4. The molecule has 2 heterocycles. The summed E-state index contributed by atoms with van der Waals surface area (Å²) < 4.78 is 98.0. The number of allylic oxidation sites excluding steroid dienone is 1. The fraction of sp³-hybridized carbons (Fsp3) is 0.500. The van der Waals surface area contributed by atoms with Gasteiger partial charge in [0.05, 0.1) is 31.7 Å². The van der Waals surface area contributed by atoms with Crippen LogP contribution in [-0.4, -0.2) is 34.0 Å². The van der Waals surface area contributed by atoms with E-state index in [1.165, 1.54) is 23.2 Å². The predicted octanol–water partition coefficient (Wildman–Crippen LogP) is 5.22. The lowest BCUT2D eigenvalue weighted by Gasteiger charge is -2.33. The first-order valence-electron chi connectivity index (χ1n) is 15.1. The monoisotopic (exact) mass is 490 g/mol. The molecule has 1 amide bonds. The standard InChI is InChI=1S/C28H35F2N3O2/c1-17(2)27-26(28(34)32-15-19-8-11-23(29)24(30)13-19)22-10-9-21(35-18(3)4)14-25(22)33(27)16-20-7-5-6-12-31-20/h5-8,11-14,17-18,21-22,26-27H,9-10,15-16H2,1-4H3,(H,32,34)/i9D2,10D2,22D,26D,27D. The third-order valence-electron chi connectivity index (χ3n) is 5.67. The number of hydrogen-bond donors (Lipinski definition) is 1. The van der Waals surface area contributed by atoms with Crippen molar-refractivity contribution in [2.45, 2.75) is 71.8 Å². The van der Waals surface area contributed by atoms with Gasteiger partial charge < -0.3 is 15.0 Å². The number of amides is 1. The van der Waals surface area contributed by atoms with Crippen molar-refractivity contribution < 1.29 is 27.9 Å². The minimum absolute atomic E-state index is 0.136. The van der Waals surface area contributed by atoms with Crippen molar-refractivity contribution in [3.8, 4) is 0 Å². The molecule has 1 aromatic carbocycles. The van der Waals surface area contributed by atoms with E-state index in [0.717, 1.165) is 12.1 Å². The molecule has 5 nitrogen and oxygen atoms in total. The average molecular weight is 491 g/mol. The highest BCUT2D eigenvalue weighted by Gasteiger charge is 2.50. The third-order valence-corrected chi connectivity index (χ3v) is 5.67. The third kappa shape index (κ3) is 5.72. The van der Waals surface area contributed by atoms with E-state index in [1.54, 1.807) is 45.9 Å². The number of likely N-dealkylation sites (tertiary alicyclic amines) is 1. The molecule has 0 radical (unpaired) electrons. The number of nitrogens with zero attached hydrogens (tertiary/aromatic N) is 2. The summed E-state index contributed by atoms with van der Waals surface area (Å²) in [6, 6.07) is 5.66. The predicted molar refractivity (Wildman–Crippen MR) is 131 cm³/mol. The number of rotatable bonds is 8. The molecule has 2 aliphatic rings. The molecule has 1 N–H and O–H groups in total. The Morgan fingerprint density at radius 3 is 2.69 bits per heavy atom. The lowest BCUT2D eigenvalue weighted by Crippen LogP contribution is -2.44. The Kier molecular flexibility index (Phi) is 5.46. The summed E-state index contributed by atoms with van der Waals surface area (Å²) in [7, 11) is 0. The number of carbonyl (C=O) groups is 1. The number of carbonyl (C=O) groups excluding carboxylic acids is 1. The zero-order valence-corrected chi connectivity index (χ0v) is 20.2. The first-order valence-corrected chi connectivity index (χ1v) is 11.6. The molecule has 1 aromatic heterocycles. The molecule has 4 atom stereocenters. The normalized spacial score (nSPS) is 36.1. The number of ether oxygens (including phenoxy) is 1. The zero-order valence-electron chi connectivity index (χ0n) is 27.2. The lowest BCUT2D eigenvalue weighted by molar-refractivity contribution is -0.127. The smallest absolute Gasteiger partial charge is 0.226 e. The molecule has 1 saturated heterocycles. The lowest BCUT2D eigenvalue weighted by atomic mass is 9.79. The number of nitrogens with one attached hydrogen (secondary N) is 1. The van der Waals surface area contributed by atoms with Gasteiger partial charge in [-0.15, -0.1) is 0 Å². The van der Waals surface area contributed by atoms with Gasteiger partial charge >= 0.3 is 0 Å². The zero-order chi connectivity index (χ0) is 31.5. The van der Waals surface area contributed by atoms with Crippen molar-refractivity contribution in [3.63, 3.8) is 0 Å². The summed E-state index contributed by atoms with van der Waals surface area (Å²) in [5.41, 5.74) is 0.317. The van der Waals surface area contributed by atoms with Crippen molar-refractivity contribution in [2.24, 2.45) is 17.7 Å². The maximum absolute atomic E-state index is 14.1. The quantitative estimate of drug-likeness (QED) is 0.551. The van der Waals surface area contributed by atoms with Crippen molar-refractivity contribution >= 4 is 5.91 Å². The highest BCUT2D eigenvalue weighted by Crippen LogP contribution is 2.47. The van der Waals surface area contributed by atoms with Crippen LogP contribution in [0.5, 0.6) is 0 Å². The van der Waals surface area contributed by atoms with Crippen LogP contribution in [0, 0.1) is 29.3 Å². The van der Waals surface area contributed by atoms with Gasteiger partial charge in [0.2, 0.25) is 5.91 Å². The molecule has 7 heteroatoms. The first kappa shape index (κ1) is 17.6. The van der Waals surface area contributed by atoms with Crippen LogP contribution in [0.25, 0.3) is 0 Å². The highest BCUT2D eigenvalue weighted by molar-refractivity contribution is 5.81. The van der Waals surface area contributed by atoms with Crippen LogP contribution in [-0.2, 0) is 22.6 Å². The molecule has 35 heavy (non-hydrogen) atoms. The van der Waals surface area contributed by atoms with E-state index in [0.29, 0.717) is 5.69 Å². The van der Waals surface area contributed by atoms with E-state index in [1.807, 2.05) is 0 Å². The van der Waals surface area contributed by atoms with Crippen molar-refractivity contribution in [2.75, 3.05) is 0 Å². The molecule has 1 aliphatic heterocycles. The molecule has 2 aromatic rings. The van der Waals surface area contributed by atoms with Gasteiger partial charge in [-0.2, -0.15) is 0 Å². The number of hydrogen-bond acceptors (Lipinski definition) is 4. The summed E-state index contributed by atoms with van der Waals surface area (Å²) in [6.07, 6.45) is -5.43. The van der Waals surface area contributed by atoms with Crippen LogP contribution in [0.2, 0.25) is 0 Å². The van der Waals surface area contributed by atoms with Gasteiger partial charge in [-0.05, 0) is 68.4 Å². The van der Waals surface area contributed by atoms with Crippen molar-refractivity contribution in [3.05, 3.63) is 77.3 Å². The number of fused-ring (bicyclic) bond motifs is 1. The van der Waals surface area contributed by atoms with Gasteiger partial charge in [-0.1, -0.05) is 26.0 Å². The van der Waals surface area contributed by atoms with Gasteiger partial charge in [0.15, 0.2) is 11.6 Å². The Balaban J connectivity index is 1.95. The number of benzene rings is 1. The molecular weight excluding hydrogens is 448 g/mol. The summed E-state index contributed by atoms with van der Waals surface area (Å²) in [5.74, 6) is -10.3. The largest absolute Gasteiger partial charge is 0.371 e. The molecule has 188 valence electrons. The van der Waals surface area contributed by atoms with E-state index in [4.69, 9.17) is 10.2 Å². The van der Waals surface area contributed by atoms with E-state index in [2.05, 4.69) is 10.3 Å². The number of halogens is 2. The summed E-state index contributed by atoms with van der Waals surface area (Å²) in [4.78, 5) is 19.7. The van der Waals surface area contributed by atoms with Crippen molar-refractivity contribution in [1.29, 1.82) is 0 Å². The molecule has 0 bridgehead atoms. The fourth-order valence-electron chi connectivity index (χ4n) is 4.23. The maximum Gasteiger partial charge on any atom is 0.226 e. The van der Waals surface area contributed by atoms with Crippen LogP contribution >= 0.6 is 0 Å². The fourth-order valence-corrected chi connectivity index (χ4v) is 4.23. The van der Waals surface area contributed by atoms with Gasteiger partial charge in [0.25, 0.3) is 0 Å². The molecule has 0 spiro atoms. The summed E-state index contributed by atoms with van der Waals surface area (Å²) in [5, 5.41) is 2.44. The van der Waals surface area contributed by atoms with Crippen LogP contribution in [0.1, 0.15) is 61.3 Å². The van der Waals surface area contributed by atoms with Gasteiger partial charge in [-0.3, -0.25) is 9.78 Å². The molecule has 4 rings (SSSR count). The van der Waals surface area contributed by atoms with E-state index in [-0.39, 0.29) is 17.8 Å². The molecule has 0 saturated carbocycles. The highest BCUT2D eigenvalue weighted by atomic mass is 19.2. The van der Waals surface area contributed by atoms with E-state index >= 15 is 0 Å². The van der Waals surface area contributed by atoms with Gasteiger partial charge in [0, 0.05) is 38.6 Å². The minimum Gasteiger partial charge on any atom is -0.371 e. The second-order valence-corrected chi connectivity index (χ2v) is 9.05. The maximum atomic E-state index is 14.1. The molecule has 1 aliphatic carbocycles. The Hall–Kier alpha value is -2.80.